The van der Waals surface area contributed by atoms with Gasteiger partial charge in [0.2, 0.25) is 0 Å². The van der Waals surface area contributed by atoms with Crippen molar-refractivity contribution in [2.45, 2.75) is 70.6 Å². The zero-order valence-electron chi connectivity index (χ0n) is 35.3. The van der Waals surface area contributed by atoms with Gasteiger partial charge >= 0.3 is 0 Å². The van der Waals surface area contributed by atoms with Crippen LogP contribution >= 0.6 is 0 Å². The predicted octanol–water partition coefficient (Wildman–Crippen LogP) is 16.0. The summed E-state index contributed by atoms with van der Waals surface area (Å²) in [6.45, 7) is 16.7. The van der Waals surface area contributed by atoms with Crippen LogP contribution in [0.15, 0.2) is 170 Å². The quantitative estimate of drug-likeness (QED) is 0.173. The van der Waals surface area contributed by atoms with Crippen molar-refractivity contribution in [3.63, 3.8) is 0 Å². The first-order valence-electron chi connectivity index (χ1n) is 21.4. The Morgan fingerprint density at radius 1 is 0.508 bits per heavy atom. The second kappa shape index (κ2) is 12.7. The van der Waals surface area contributed by atoms with Gasteiger partial charge in [-0.15, -0.1) is 0 Å². The smallest absolute Gasteiger partial charge is 0.0546 e. The Labute approximate surface area is 349 Å². The summed E-state index contributed by atoms with van der Waals surface area (Å²) in [4.78, 5) is 2.59. The maximum atomic E-state index is 2.59. The molecule has 0 saturated carbocycles. The second-order valence-electron chi connectivity index (χ2n) is 19.3. The molecule has 11 rings (SSSR count). The molecule has 0 aromatic heterocycles. The van der Waals surface area contributed by atoms with Crippen molar-refractivity contribution in [3.05, 3.63) is 198 Å². The van der Waals surface area contributed by atoms with Gasteiger partial charge in [-0.25, -0.2) is 0 Å². The molecule has 0 radical (unpaired) electrons. The van der Waals surface area contributed by atoms with Crippen LogP contribution in [0.5, 0.6) is 0 Å². The molecule has 3 aliphatic carbocycles. The van der Waals surface area contributed by atoms with Gasteiger partial charge in [-0.1, -0.05) is 194 Å². The molecule has 1 nitrogen and oxygen atoms in total. The minimum atomic E-state index is -0.139. The molecule has 59 heavy (non-hydrogen) atoms. The van der Waals surface area contributed by atoms with E-state index >= 15 is 0 Å². The van der Waals surface area contributed by atoms with Crippen LogP contribution in [0.3, 0.4) is 0 Å². The molecule has 0 aliphatic heterocycles. The highest BCUT2D eigenvalue weighted by Crippen LogP contribution is 2.58. The van der Waals surface area contributed by atoms with Gasteiger partial charge < -0.3 is 4.90 Å². The normalized spacial score (nSPS) is 18.2. The van der Waals surface area contributed by atoms with Crippen LogP contribution in [0.4, 0.5) is 17.1 Å². The average Bonchev–Trinajstić information content (AvgIpc) is 3.63. The summed E-state index contributed by atoms with van der Waals surface area (Å²) in [5, 5.41) is 7.72. The van der Waals surface area contributed by atoms with E-state index < -0.39 is 0 Å². The van der Waals surface area contributed by atoms with Gasteiger partial charge in [0, 0.05) is 28.0 Å². The molecule has 2 unspecified atom stereocenters. The van der Waals surface area contributed by atoms with Crippen molar-refractivity contribution in [1.82, 2.24) is 0 Å². The predicted molar refractivity (Wildman–Crippen MR) is 253 cm³/mol. The molecule has 0 spiro atoms. The third-order valence-corrected chi connectivity index (χ3v) is 14.2. The molecule has 0 saturated heterocycles. The van der Waals surface area contributed by atoms with Gasteiger partial charge in [0.1, 0.15) is 0 Å². The Balaban J connectivity index is 1.24. The van der Waals surface area contributed by atoms with Crippen LogP contribution in [0.2, 0.25) is 0 Å². The number of rotatable bonds is 4. The molecule has 1 heteroatoms. The lowest BCUT2D eigenvalue weighted by atomic mass is 9.74. The fraction of sp³-hybridized carbons (Fsp3) is 0.207. The van der Waals surface area contributed by atoms with E-state index in [-0.39, 0.29) is 16.2 Å². The Bertz CT molecular complexity index is 3110. The molecule has 8 aromatic rings. The fourth-order valence-electron chi connectivity index (χ4n) is 11.5. The van der Waals surface area contributed by atoms with Crippen molar-refractivity contribution < 1.29 is 0 Å². The van der Waals surface area contributed by atoms with Crippen LogP contribution in [0, 0.1) is 5.92 Å². The first-order valence-corrected chi connectivity index (χ1v) is 21.4. The van der Waals surface area contributed by atoms with Crippen LogP contribution in [0.25, 0.3) is 54.6 Å². The highest BCUT2D eigenvalue weighted by Gasteiger charge is 2.46. The first kappa shape index (κ1) is 35.9. The van der Waals surface area contributed by atoms with E-state index in [0.717, 1.165) is 5.69 Å². The van der Waals surface area contributed by atoms with Crippen molar-refractivity contribution in [2.75, 3.05) is 4.90 Å². The number of hydrogen-bond acceptors (Lipinski definition) is 1. The van der Waals surface area contributed by atoms with Crippen LogP contribution < -0.4 is 4.90 Å². The third kappa shape index (κ3) is 5.16. The van der Waals surface area contributed by atoms with Gasteiger partial charge in [0.25, 0.3) is 0 Å². The molecule has 0 amide bonds. The van der Waals surface area contributed by atoms with Crippen molar-refractivity contribution >= 4 is 49.4 Å². The molecule has 3 aliphatic rings. The molecule has 0 fully saturated rings. The van der Waals surface area contributed by atoms with Crippen molar-refractivity contribution in [3.8, 4) is 22.3 Å². The standard InChI is InChI=1S/C58H51N/c1-56(2,3)47-32-34-51(42-22-13-12-21-41(42)47)59(38-29-31-49-46(35-38)43-30-27-37-18-9-11-20-40(37)55(43)58(49,6)7)52-33-28-36-17-8-10-19-39(36)54(52)45-24-16-26-50-53(45)44-23-14-15-25-48(44)57(50,4)5/h8-35,44,48H,1-7H3. The third-order valence-electron chi connectivity index (χ3n) is 14.2. The van der Waals surface area contributed by atoms with Gasteiger partial charge in [-0.3, -0.25) is 0 Å². The molecular formula is C58H51N. The van der Waals surface area contributed by atoms with Gasteiger partial charge in [-0.2, -0.15) is 0 Å². The first-order chi connectivity index (χ1) is 28.4. The summed E-state index contributed by atoms with van der Waals surface area (Å²) in [7, 11) is 0. The summed E-state index contributed by atoms with van der Waals surface area (Å²) >= 11 is 0. The van der Waals surface area contributed by atoms with E-state index in [2.05, 4.69) is 223 Å². The number of hydrogen-bond donors (Lipinski definition) is 0. The molecule has 0 bridgehead atoms. The lowest BCUT2D eigenvalue weighted by Gasteiger charge is -2.32. The highest BCUT2D eigenvalue weighted by molar-refractivity contribution is 6.10. The van der Waals surface area contributed by atoms with Crippen LogP contribution in [-0.4, -0.2) is 0 Å². The Hall–Kier alpha value is -6.18. The summed E-state index contributed by atoms with van der Waals surface area (Å²) in [6.07, 6.45) is 9.41. The van der Waals surface area contributed by atoms with E-state index in [9.17, 15) is 0 Å². The topological polar surface area (TPSA) is 3.24 Å². The summed E-state index contributed by atoms with van der Waals surface area (Å²) < 4.78 is 0. The number of benzene rings is 8. The van der Waals surface area contributed by atoms with Gasteiger partial charge in [0.05, 0.1) is 11.4 Å². The van der Waals surface area contributed by atoms with Crippen LogP contribution in [-0.2, 0) is 16.2 Å². The Morgan fingerprint density at radius 2 is 1.17 bits per heavy atom. The van der Waals surface area contributed by atoms with E-state index in [0.29, 0.717) is 11.8 Å². The molecule has 8 aromatic carbocycles. The van der Waals surface area contributed by atoms with E-state index in [4.69, 9.17) is 0 Å². The maximum absolute atomic E-state index is 2.59. The summed E-state index contributed by atoms with van der Waals surface area (Å²) in [6, 6.07) is 55.6. The number of fused-ring (bicyclic) bond motifs is 10. The summed E-state index contributed by atoms with van der Waals surface area (Å²) in [5.74, 6) is 0.713. The van der Waals surface area contributed by atoms with Crippen molar-refractivity contribution in [1.29, 1.82) is 0 Å². The zero-order valence-corrected chi connectivity index (χ0v) is 35.3. The average molecular weight is 762 g/mol. The number of allylic oxidation sites excluding steroid dienone is 4. The number of nitrogens with zero attached hydrogens (tertiary/aromatic N) is 1. The zero-order chi connectivity index (χ0) is 40.4. The Kier molecular flexibility index (Phi) is 7.71. The van der Waals surface area contributed by atoms with E-state index in [1.54, 1.807) is 0 Å². The summed E-state index contributed by atoms with van der Waals surface area (Å²) in [5.41, 5.74) is 15.7. The molecule has 0 N–H and O–H groups in total. The fourth-order valence-corrected chi connectivity index (χ4v) is 11.5. The maximum Gasteiger partial charge on any atom is 0.0546 e. The number of anilines is 3. The largest absolute Gasteiger partial charge is 0.309 e. The minimum absolute atomic E-state index is 0.00500. The SMILES string of the molecule is CC(C)(C)c1ccc(N(c2ccc3c(c2)-c2ccc4ccccc4c2C3(C)C)c2ccc3ccccc3c2-c2cccc3c2C2C=CC=CC2C3(C)C)c2ccccc12. The van der Waals surface area contributed by atoms with Gasteiger partial charge in [-0.05, 0) is 112 Å². The second-order valence-corrected chi connectivity index (χ2v) is 19.3. The molecule has 2 atom stereocenters. The molecule has 288 valence electrons. The van der Waals surface area contributed by atoms with Gasteiger partial charge in [0.15, 0.2) is 0 Å². The van der Waals surface area contributed by atoms with Crippen LogP contribution in [0.1, 0.15) is 82.2 Å². The van der Waals surface area contributed by atoms with Crippen molar-refractivity contribution in [2.24, 2.45) is 5.92 Å². The molecule has 0 heterocycles. The lowest BCUT2D eigenvalue weighted by Crippen LogP contribution is -2.24. The highest BCUT2D eigenvalue weighted by atomic mass is 15.1. The molecular weight excluding hydrogens is 711 g/mol. The van der Waals surface area contributed by atoms with E-state index in [1.807, 2.05) is 0 Å². The minimum Gasteiger partial charge on any atom is -0.309 e. The van der Waals surface area contributed by atoms with E-state index in [1.165, 1.54) is 93.8 Å². The lowest BCUT2D eigenvalue weighted by molar-refractivity contribution is 0.394. The monoisotopic (exact) mass is 761 g/mol. The Morgan fingerprint density at radius 3 is 1.95 bits per heavy atom.